The molecule has 0 aromatic heterocycles. The van der Waals surface area contributed by atoms with Crippen molar-refractivity contribution < 1.29 is 4.74 Å². The number of hydrogen-bond donors (Lipinski definition) is 1. The van der Waals surface area contributed by atoms with Crippen LogP contribution in [-0.4, -0.2) is 6.61 Å². The van der Waals surface area contributed by atoms with Gasteiger partial charge in [-0.2, -0.15) is 0 Å². The molecule has 0 saturated carbocycles. The minimum absolute atomic E-state index is 0.236. The quantitative estimate of drug-likeness (QED) is 0.870. The summed E-state index contributed by atoms with van der Waals surface area (Å²) < 4.78 is 5.86. The number of ether oxygens (including phenoxy) is 1. The normalized spacial score (nSPS) is 17.3. The second-order valence-electron chi connectivity index (χ2n) is 5.10. The third-order valence-electron chi connectivity index (χ3n) is 3.67. The van der Waals surface area contributed by atoms with Gasteiger partial charge < -0.3 is 10.1 Å². The van der Waals surface area contributed by atoms with Gasteiger partial charge in [-0.05, 0) is 36.6 Å². The van der Waals surface area contributed by atoms with E-state index in [2.05, 4.69) is 61.6 Å². The summed E-state index contributed by atoms with van der Waals surface area (Å²) in [5.41, 5.74) is 5.00. The van der Waals surface area contributed by atoms with Crippen LogP contribution in [-0.2, 0) is 6.42 Å². The molecule has 0 fully saturated rings. The van der Waals surface area contributed by atoms with Crippen LogP contribution in [0.5, 0.6) is 5.75 Å². The molecule has 1 heterocycles. The molecule has 0 saturated heterocycles. The maximum Gasteiger partial charge on any atom is 0.142 e. The van der Waals surface area contributed by atoms with Crippen molar-refractivity contribution in [1.29, 1.82) is 0 Å². The summed E-state index contributed by atoms with van der Waals surface area (Å²) in [4.78, 5) is 0. The molecule has 1 unspecified atom stereocenters. The molecule has 2 heteroatoms. The van der Waals surface area contributed by atoms with E-state index in [-0.39, 0.29) is 6.04 Å². The number of anilines is 1. The molecule has 0 aliphatic carbocycles. The summed E-state index contributed by atoms with van der Waals surface area (Å²) >= 11 is 0. The Morgan fingerprint density at radius 3 is 2.68 bits per heavy atom. The molecule has 1 aliphatic rings. The molecular weight excluding hydrogens is 234 g/mol. The molecule has 3 rings (SSSR count). The highest BCUT2D eigenvalue weighted by atomic mass is 16.5. The summed E-state index contributed by atoms with van der Waals surface area (Å²) in [6.45, 7) is 4.96. The van der Waals surface area contributed by atoms with Gasteiger partial charge in [-0.15, -0.1) is 0 Å². The maximum absolute atomic E-state index is 5.86. The van der Waals surface area contributed by atoms with Gasteiger partial charge in [0.05, 0.1) is 11.7 Å². The predicted octanol–water partition coefficient (Wildman–Crippen LogP) is 4.10. The lowest BCUT2D eigenvalue weighted by atomic mass is 10.0. The Hall–Kier alpha value is -1.96. The number of aryl methyl sites for hydroxylation is 2. The van der Waals surface area contributed by atoms with Crippen molar-refractivity contribution in [3.05, 3.63) is 59.2 Å². The summed E-state index contributed by atoms with van der Waals surface area (Å²) in [6.07, 6.45) is 1.05. The molecule has 0 radical (unpaired) electrons. The Labute approximate surface area is 114 Å². The van der Waals surface area contributed by atoms with Crippen LogP contribution in [0.1, 0.15) is 29.7 Å². The van der Waals surface area contributed by atoms with Crippen LogP contribution in [0.4, 0.5) is 5.69 Å². The topological polar surface area (TPSA) is 21.3 Å². The molecule has 98 valence electrons. The number of rotatable bonds is 2. The fourth-order valence-electron chi connectivity index (χ4n) is 2.42. The summed E-state index contributed by atoms with van der Waals surface area (Å²) in [7, 11) is 0. The second-order valence-corrected chi connectivity index (χ2v) is 5.10. The Morgan fingerprint density at radius 2 is 1.95 bits per heavy atom. The van der Waals surface area contributed by atoms with Crippen LogP contribution in [0.25, 0.3) is 0 Å². The van der Waals surface area contributed by atoms with Gasteiger partial charge in [0.25, 0.3) is 0 Å². The highest BCUT2D eigenvalue weighted by molar-refractivity contribution is 5.60. The molecule has 1 N–H and O–H groups in total. The first kappa shape index (κ1) is 12.1. The van der Waals surface area contributed by atoms with E-state index in [0.29, 0.717) is 6.61 Å². The van der Waals surface area contributed by atoms with E-state index in [1.165, 1.54) is 16.7 Å². The summed E-state index contributed by atoms with van der Waals surface area (Å²) in [5.74, 6) is 0.959. The van der Waals surface area contributed by atoms with Crippen molar-refractivity contribution >= 4 is 5.69 Å². The lowest BCUT2D eigenvalue weighted by Crippen LogP contribution is -2.24. The molecule has 2 nitrogen and oxygen atoms in total. The number of benzene rings is 2. The van der Waals surface area contributed by atoms with E-state index in [1.54, 1.807) is 0 Å². The molecule has 1 aliphatic heterocycles. The molecule has 19 heavy (non-hydrogen) atoms. The van der Waals surface area contributed by atoms with E-state index < -0.39 is 0 Å². The van der Waals surface area contributed by atoms with Gasteiger partial charge in [-0.1, -0.05) is 42.8 Å². The fourth-order valence-corrected chi connectivity index (χ4v) is 2.42. The Bertz CT molecular complexity index is 574. The third kappa shape index (κ3) is 2.43. The molecule has 1 atom stereocenters. The van der Waals surface area contributed by atoms with Crippen LogP contribution in [0.15, 0.2) is 42.5 Å². The zero-order chi connectivity index (χ0) is 13.2. The Kier molecular flexibility index (Phi) is 3.16. The van der Waals surface area contributed by atoms with Gasteiger partial charge in [-0.25, -0.2) is 0 Å². The van der Waals surface area contributed by atoms with Crippen LogP contribution in [0.3, 0.4) is 0 Å². The summed E-state index contributed by atoms with van der Waals surface area (Å²) in [6, 6.07) is 15.3. The van der Waals surface area contributed by atoms with Gasteiger partial charge in [0.2, 0.25) is 0 Å². The fraction of sp³-hybridized carbons (Fsp3) is 0.294. The molecule has 0 amide bonds. The van der Waals surface area contributed by atoms with Crippen molar-refractivity contribution in [3.63, 3.8) is 0 Å². The first-order valence-electron chi connectivity index (χ1n) is 6.85. The Morgan fingerprint density at radius 1 is 1.16 bits per heavy atom. The van der Waals surface area contributed by atoms with Gasteiger partial charge in [0.15, 0.2) is 0 Å². The van der Waals surface area contributed by atoms with E-state index >= 15 is 0 Å². The minimum Gasteiger partial charge on any atom is -0.489 e. The highest BCUT2D eigenvalue weighted by Crippen LogP contribution is 2.34. The van der Waals surface area contributed by atoms with Crippen LogP contribution in [0.2, 0.25) is 0 Å². The standard InChI is InChI=1S/C17H19NO/c1-3-13-6-9-17-15(10-13)18-16(11-19-17)14-7-4-12(2)5-8-14/h4-10,16,18H,3,11H2,1-2H3. The van der Waals surface area contributed by atoms with Crippen molar-refractivity contribution in [3.8, 4) is 5.75 Å². The van der Waals surface area contributed by atoms with Gasteiger partial charge in [0.1, 0.15) is 12.4 Å². The van der Waals surface area contributed by atoms with Gasteiger partial charge >= 0.3 is 0 Å². The van der Waals surface area contributed by atoms with Crippen molar-refractivity contribution in [1.82, 2.24) is 0 Å². The average Bonchev–Trinajstić information content (AvgIpc) is 2.47. The molecule has 0 spiro atoms. The van der Waals surface area contributed by atoms with E-state index in [9.17, 15) is 0 Å². The van der Waals surface area contributed by atoms with Crippen LogP contribution in [0, 0.1) is 6.92 Å². The first-order chi connectivity index (χ1) is 9.26. The number of nitrogens with one attached hydrogen (secondary N) is 1. The largest absolute Gasteiger partial charge is 0.489 e. The minimum atomic E-state index is 0.236. The lowest BCUT2D eigenvalue weighted by Gasteiger charge is -2.28. The maximum atomic E-state index is 5.86. The lowest BCUT2D eigenvalue weighted by molar-refractivity contribution is 0.286. The van der Waals surface area contributed by atoms with Crippen LogP contribution < -0.4 is 10.1 Å². The van der Waals surface area contributed by atoms with E-state index in [4.69, 9.17) is 4.74 Å². The SMILES string of the molecule is CCc1ccc2c(c1)NC(c1ccc(C)cc1)CO2. The van der Waals surface area contributed by atoms with Crippen molar-refractivity contribution in [2.45, 2.75) is 26.3 Å². The molecular formula is C17H19NO. The first-order valence-corrected chi connectivity index (χ1v) is 6.85. The highest BCUT2D eigenvalue weighted by Gasteiger charge is 2.20. The average molecular weight is 253 g/mol. The zero-order valence-electron chi connectivity index (χ0n) is 11.4. The monoisotopic (exact) mass is 253 g/mol. The number of hydrogen-bond acceptors (Lipinski definition) is 2. The zero-order valence-corrected chi connectivity index (χ0v) is 11.4. The van der Waals surface area contributed by atoms with Crippen molar-refractivity contribution in [2.24, 2.45) is 0 Å². The van der Waals surface area contributed by atoms with E-state index in [1.807, 2.05) is 0 Å². The third-order valence-corrected chi connectivity index (χ3v) is 3.67. The summed E-state index contributed by atoms with van der Waals surface area (Å²) in [5, 5.41) is 3.58. The number of fused-ring (bicyclic) bond motifs is 1. The predicted molar refractivity (Wildman–Crippen MR) is 78.9 cm³/mol. The van der Waals surface area contributed by atoms with E-state index in [0.717, 1.165) is 17.9 Å². The second kappa shape index (κ2) is 4.96. The molecule has 2 aromatic carbocycles. The van der Waals surface area contributed by atoms with Gasteiger partial charge in [-0.3, -0.25) is 0 Å². The Balaban J connectivity index is 1.86. The molecule has 2 aromatic rings. The van der Waals surface area contributed by atoms with Crippen LogP contribution >= 0.6 is 0 Å². The smallest absolute Gasteiger partial charge is 0.142 e. The van der Waals surface area contributed by atoms with Crippen molar-refractivity contribution in [2.75, 3.05) is 11.9 Å². The van der Waals surface area contributed by atoms with Gasteiger partial charge in [0, 0.05) is 0 Å². The molecule has 0 bridgehead atoms.